The normalized spacial score (nSPS) is 12.3. The van der Waals surface area contributed by atoms with E-state index >= 15 is 0 Å². The molecule has 2 aromatic carbocycles. The zero-order valence-electron chi connectivity index (χ0n) is 9.26. The molecule has 0 fully saturated rings. The fourth-order valence-corrected chi connectivity index (χ4v) is 2.55. The fourth-order valence-electron chi connectivity index (χ4n) is 1.54. The molecule has 0 aliphatic carbocycles. The van der Waals surface area contributed by atoms with Gasteiger partial charge in [-0.15, -0.1) is 11.8 Å². The van der Waals surface area contributed by atoms with Crippen molar-refractivity contribution in [2.75, 3.05) is 5.73 Å². The van der Waals surface area contributed by atoms with E-state index in [1.807, 2.05) is 30.0 Å². The largest absolute Gasteiger partial charge is 0.399 e. The summed E-state index contributed by atoms with van der Waals surface area (Å²) in [5.41, 5.74) is 7.80. The molecule has 2 rings (SSSR count). The molecule has 0 amide bonds. The van der Waals surface area contributed by atoms with Crippen LogP contribution in [0.3, 0.4) is 0 Å². The first-order valence-corrected chi connectivity index (χ1v) is 6.21. The maximum absolute atomic E-state index is 5.67. The highest BCUT2D eigenvalue weighted by Crippen LogP contribution is 2.34. The lowest BCUT2D eigenvalue weighted by Crippen LogP contribution is -1.90. The Morgan fingerprint density at radius 3 is 2.19 bits per heavy atom. The Kier molecular flexibility index (Phi) is 3.52. The second-order valence-electron chi connectivity index (χ2n) is 3.74. The van der Waals surface area contributed by atoms with Crippen LogP contribution in [0, 0.1) is 0 Å². The van der Waals surface area contributed by atoms with Gasteiger partial charge in [0.15, 0.2) is 0 Å². The van der Waals surface area contributed by atoms with Crippen LogP contribution < -0.4 is 5.73 Å². The Morgan fingerprint density at radius 1 is 0.938 bits per heavy atom. The SMILES string of the molecule is C[C@H](Sc1ccccc1)c1ccc(N)cc1. The lowest BCUT2D eigenvalue weighted by Gasteiger charge is -2.11. The smallest absolute Gasteiger partial charge is 0.0316 e. The molecule has 0 radical (unpaired) electrons. The molecule has 16 heavy (non-hydrogen) atoms. The number of nitrogens with two attached hydrogens (primary N) is 1. The molecular formula is C14H15NS. The molecule has 2 heteroatoms. The van der Waals surface area contributed by atoms with Gasteiger partial charge in [-0.1, -0.05) is 30.3 Å². The van der Waals surface area contributed by atoms with Gasteiger partial charge in [0, 0.05) is 15.8 Å². The highest BCUT2D eigenvalue weighted by atomic mass is 32.2. The van der Waals surface area contributed by atoms with E-state index in [9.17, 15) is 0 Å². The molecule has 1 nitrogen and oxygen atoms in total. The van der Waals surface area contributed by atoms with Crippen LogP contribution in [0.2, 0.25) is 0 Å². The van der Waals surface area contributed by atoms with Gasteiger partial charge in [0.25, 0.3) is 0 Å². The summed E-state index contributed by atoms with van der Waals surface area (Å²) in [4.78, 5) is 1.30. The molecule has 2 aromatic rings. The first-order chi connectivity index (χ1) is 7.75. The Hall–Kier alpha value is -1.41. The minimum Gasteiger partial charge on any atom is -0.399 e. The highest BCUT2D eigenvalue weighted by Gasteiger charge is 2.06. The summed E-state index contributed by atoms with van der Waals surface area (Å²) in [5, 5.41) is 0.447. The summed E-state index contributed by atoms with van der Waals surface area (Å²) >= 11 is 1.86. The van der Waals surface area contributed by atoms with Crippen molar-refractivity contribution < 1.29 is 0 Å². The predicted molar refractivity (Wildman–Crippen MR) is 71.6 cm³/mol. The summed E-state index contributed by atoms with van der Waals surface area (Å²) in [6.07, 6.45) is 0. The van der Waals surface area contributed by atoms with E-state index in [0.717, 1.165) is 5.69 Å². The lowest BCUT2D eigenvalue weighted by atomic mass is 10.1. The van der Waals surface area contributed by atoms with E-state index in [4.69, 9.17) is 5.73 Å². The summed E-state index contributed by atoms with van der Waals surface area (Å²) in [6.45, 7) is 2.21. The van der Waals surface area contributed by atoms with Gasteiger partial charge < -0.3 is 5.73 Å². The summed E-state index contributed by atoms with van der Waals surface area (Å²) in [5.74, 6) is 0. The summed E-state index contributed by atoms with van der Waals surface area (Å²) in [7, 11) is 0. The third-order valence-electron chi connectivity index (χ3n) is 2.46. The number of nitrogen functional groups attached to an aromatic ring is 1. The Balaban J connectivity index is 2.09. The van der Waals surface area contributed by atoms with Crippen molar-refractivity contribution in [1.29, 1.82) is 0 Å². The van der Waals surface area contributed by atoms with Crippen molar-refractivity contribution >= 4 is 17.4 Å². The Bertz CT molecular complexity index is 436. The molecule has 0 heterocycles. The molecule has 0 bridgehead atoms. The topological polar surface area (TPSA) is 26.0 Å². The van der Waals surface area contributed by atoms with E-state index in [2.05, 4.69) is 43.3 Å². The standard InChI is InChI=1S/C14H15NS/c1-11(12-7-9-13(15)10-8-12)16-14-5-3-2-4-6-14/h2-11H,15H2,1H3/t11-/m0/s1. The fraction of sp³-hybridized carbons (Fsp3) is 0.143. The monoisotopic (exact) mass is 229 g/mol. The molecular weight excluding hydrogens is 214 g/mol. The quantitative estimate of drug-likeness (QED) is 0.633. The van der Waals surface area contributed by atoms with Crippen molar-refractivity contribution in [1.82, 2.24) is 0 Å². The molecule has 0 saturated carbocycles. The first-order valence-electron chi connectivity index (χ1n) is 5.33. The molecule has 0 aliphatic rings. The average Bonchev–Trinajstić information content (AvgIpc) is 2.31. The van der Waals surface area contributed by atoms with Gasteiger partial charge in [-0.25, -0.2) is 0 Å². The molecule has 0 spiro atoms. The number of rotatable bonds is 3. The van der Waals surface area contributed by atoms with Crippen LogP contribution in [-0.4, -0.2) is 0 Å². The number of benzene rings is 2. The maximum atomic E-state index is 5.67. The zero-order valence-corrected chi connectivity index (χ0v) is 10.1. The second kappa shape index (κ2) is 5.08. The molecule has 0 aliphatic heterocycles. The van der Waals surface area contributed by atoms with Gasteiger partial charge in [0.05, 0.1) is 0 Å². The van der Waals surface area contributed by atoms with Crippen molar-refractivity contribution in [3.8, 4) is 0 Å². The van der Waals surface area contributed by atoms with E-state index in [1.54, 1.807) is 0 Å². The minimum absolute atomic E-state index is 0.447. The van der Waals surface area contributed by atoms with Crippen molar-refractivity contribution in [3.05, 3.63) is 60.2 Å². The molecule has 0 aromatic heterocycles. The van der Waals surface area contributed by atoms with Crippen LogP contribution in [0.4, 0.5) is 5.69 Å². The Morgan fingerprint density at radius 2 is 1.56 bits per heavy atom. The zero-order chi connectivity index (χ0) is 11.4. The molecule has 0 unspecified atom stereocenters. The van der Waals surface area contributed by atoms with Crippen LogP contribution in [-0.2, 0) is 0 Å². The third-order valence-corrected chi connectivity index (χ3v) is 3.63. The number of thioether (sulfide) groups is 1. The maximum Gasteiger partial charge on any atom is 0.0316 e. The van der Waals surface area contributed by atoms with E-state index in [1.165, 1.54) is 10.5 Å². The minimum atomic E-state index is 0.447. The Labute approximate surface area is 101 Å². The summed E-state index contributed by atoms with van der Waals surface area (Å²) in [6, 6.07) is 18.5. The summed E-state index contributed by atoms with van der Waals surface area (Å²) < 4.78 is 0. The van der Waals surface area contributed by atoms with E-state index < -0.39 is 0 Å². The molecule has 82 valence electrons. The average molecular weight is 229 g/mol. The van der Waals surface area contributed by atoms with Gasteiger partial charge in [-0.2, -0.15) is 0 Å². The second-order valence-corrected chi connectivity index (χ2v) is 5.15. The lowest BCUT2D eigenvalue weighted by molar-refractivity contribution is 1.10. The van der Waals surface area contributed by atoms with Crippen LogP contribution >= 0.6 is 11.8 Å². The van der Waals surface area contributed by atoms with Crippen LogP contribution in [0.1, 0.15) is 17.7 Å². The third kappa shape index (κ3) is 2.80. The van der Waals surface area contributed by atoms with Crippen molar-refractivity contribution in [2.45, 2.75) is 17.1 Å². The number of hydrogen-bond acceptors (Lipinski definition) is 2. The molecule has 0 saturated heterocycles. The van der Waals surface area contributed by atoms with E-state index in [0.29, 0.717) is 5.25 Å². The van der Waals surface area contributed by atoms with Crippen LogP contribution in [0.15, 0.2) is 59.5 Å². The van der Waals surface area contributed by atoms with Gasteiger partial charge in [0.1, 0.15) is 0 Å². The van der Waals surface area contributed by atoms with Gasteiger partial charge in [0.2, 0.25) is 0 Å². The van der Waals surface area contributed by atoms with Crippen LogP contribution in [0.25, 0.3) is 0 Å². The van der Waals surface area contributed by atoms with Crippen molar-refractivity contribution in [2.24, 2.45) is 0 Å². The highest BCUT2D eigenvalue weighted by molar-refractivity contribution is 7.99. The van der Waals surface area contributed by atoms with Gasteiger partial charge >= 0.3 is 0 Å². The first kappa shape index (κ1) is 11.1. The number of anilines is 1. The van der Waals surface area contributed by atoms with Gasteiger partial charge in [-0.3, -0.25) is 0 Å². The van der Waals surface area contributed by atoms with Crippen LogP contribution in [0.5, 0.6) is 0 Å². The predicted octanol–water partition coefficient (Wildman–Crippen LogP) is 4.12. The van der Waals surface area contributed by atoms with E-state index in [-0.39, 0.29) is 0 Å². The molecule has 2 N–H and O–H groups in total. The number of hydrogen-bond donors (Lipinski definition) is 1. The molecule has 1 atom stereocenters. The van der Waals surface area contributed by atoms with Crippen molar-refractivity contribution in [3.63, 3.8) is 0 Å². The van der Waals surface area contributed by atoms with Gasteiger partial charge in [-0.05, 0) is 36.8 Å².